The summed E-state index contributed by atoms with van der Waals surface area (Å²) in [7, 11) is 2.83. The van der Waals surface area contributed by atoms with Crippen LogP contribution < -0.4 is 10.5 Å². The van der Waals surface area contributed by atoms with Gasteiger partial charge in [-0.2, -0.15) is 5.10 Å². The number of pyridine rings is 1. The number of alkyl halides is 1. The minimum Gasteiger partial charge on any atom is -0.494 e. The summed E-state index contributed by atoms with van der Waals surface area (Å²) in [6.45, 7) is 0. The number of hydrogen-bond acceptors (Lipinski definition) is 7. The van der Waals surface area contributed by atoms with Gasteiger partial charge in [-0.05, 0) is 6.07 Å². The molecule has 1 aromatic carbocycles. The largest absolute Gasteiger partial charge is 0.494 e. The lowest BCUT2D eigenvalue weighted by atomic mass is 10.2. The monoisotopic (exact) mass is 426 g/mol. The Labute approximate surface area is 169 Å². The highest BCUT2D eigenvalue weighted by molar-refractivity contribution is 7.99. The van der Waals surface area contributed by atoms with Gasteiger partial charge < -0.3 is 15.2 Å². The highest BCUT2D eigenvalue weighted by Gasteiger charge is 2.22. The van der Waals surface area contributed by atoms with Crippen molar-refractivity contribution in [1.82, 2.24) is 14.8 Å². The number of esters is 1. The highest BCUT2D eigenvalue weighted by Crippen LogP contribution is 2.36. The number of rotatable bonds is 6. The fourth-order valence-corrected chi connectivity index (χ4v) is 3.69. The predicted molar refractivity (Wildman–Crippen MR) is 108 cm³/mol. The van der Waals surface area contributed by atoms with Crippen molar-refractivity contribution < 1.29 is 14.3 Å². The fraction of sp³-hybridized carbons (Fsp3) is 0.235. The van der Waals surface area contributed by atoms with Gasteiger partial charge in [-0.1, -0.05) is 11.6 Å². The molecule has 2 aromatic heterocycles. The Kier molecular flexibility index (Phi) is 5.98. The Bertz CT molecular complexity index is 1010. The number of nitrogen functional groups attached to an aromatic ring is 1. The summed E-state index contributed by atoms with van der Waals surface area (Å²) in [5.74, 6) is 1.11. The second kappa shape index (κ2) is 8.24. The van der Waals surface area contributed by atoms with Crippen LogP contribution in [0.3, 0.4) is 0 Å². The molecule has 2 N–H and O–H groups in total. The van der Waals surface area contributed by atoms with Crippen molar-refractivity contribution in [2.75, 3.05) is 31.6 Å². The smallest absolute Gasteiger partial charge is 0.359 e. The van der Waals surface area contributed by atoms with Crippen LogP contribution in [0.4, 0.5) is 5.69 Å². The van der Waals surface area contributed by atoms with E-state index in [-0.39, 0.29) is 10.8 Å². The van der Waals surface area contributed by atoms with Gasteiger partial charge >= 0.3 is 5.97 Å². The molecular weight excluding hydrogens is 411 g/mol. The van der Waals surface area contributed by atoms with Crippen LogP contribution in [0.2, 0.25) is 5.15 Å². The van der Waals surface area contributed by atoms with Crippen LogP contribution in [0.1, 0.15) is 10.5 Å². The first kappa shape index (κ1) is 19.6. The zero-order valence-electron chi connectivity index (χ0n) is 14.5. The van der Waals surface area contributed by atoms with Gasteiger partial charge in [0, 0.05) is 40.5 Å². The number of aromatic nitrogens is 3. The molecule has 27 heavy (non-hydrogen) atoms. The number of thioether (sulfide) groups is 1. The summed E-state index contributed by atoms with van der Waals surface area (Å²) >= 11 is 13.4. The lowest BCUT2D eigenvalue weighted by Gasteiger charge is -2.14. The van der Waals surface area contributed by atoms with E-state index in [0.717, 1.165) is 4.90 Å². The van der Waals surface area contributed by atoms with Gasteiger partial charge in [-0.25, -0.2) is 14.5 Å². The van der Waals surface area contributed by atoms with Crippen LogP contribution in [-0.4, -0.2) is 46.6 Å². The zero-order chi connectivity index (χ0) is 19.6. The van der Waals surface area contributed by atoms with Gasteiger partial charge in [0.2, 0.25) is 0 Å². The maximum atomic E-state index is 12.1. The molecule has 7 nitrogen and oxygen atoms in total. The first-order valence-corrected chi connectivity index (χ1v) is 9.69. The molecule has 0 fully saturated rings. The van der Waals surface area contributed by atoms with Crippen LogP contribution in [0.25, 0.3) is 16.6 Å². The van der Waals surface area contributed by atoms with Crippen molar-refractivity contribution in [3.63, 3.8) is 0 Å². The molecule has 0 unspecified atom stereocenters. The van der Waals surface area contributed by atoms with E-state index in [1.165, 1.54) is 32.2 Å². The number of nitrogens with two attached hydrogens (primary N) is 1. The summed E-state index contributed by atoms with van der Waals surface area (Å²) in [6, 6.07) is 5.17. The zero-order valence-corrected chi connectivity index (χ0v) is 16.9. The number of carbonyl (C=O) groups excluding carboxylic acids is 1. The predicted octanol–water partition coefficient (Wildman–Crippen LogP) is 3.78. The number of methoxy groups -OCH3 is 2. The van der Waals surface area contributed by atoms with Crippen molar-refractivity contribution in [1.29, 1.82) is 0 Å². The summed E-state index contributed by atoms with van der Waals surface area (Å²) in [5.41, 5.74) is 8.01. The van der Waals surface area contributed by atoms with E-state index in [1.54, 1.807) is 16.8 Å². The SMILES string of the molecule is COC(=O)c1nn(-c2cc(SCCCl)c(N)cc2OC)c2cc(Cl)ncc12. The molecule has 142 valence electrons. The lowest BCUT2D eigenvalue weighted by molar-refractivity contribution is 0.0595. The van der Waals surface area contributed by atoms with Crippen molar-refractivity contribution in [2.45, 2.75) is 4.90 Å². The fourth-order valence-electron chi connectivity index (χ4n) is 2.58. The summed E-state index contributed by atoms with van der Waals surface area (Å²) < 4.78 is 11.9. The van der Waals surface area contributed by atoms with Crippen molar-refractivity contribution in [2.24, 2.45) is 0 Å². The maximum Gasteiger partial charge on any atom is 0.359 e. The highest BCUT2D eigenvalue weighted by atomic mass is 35.5. The topological polar surface area (TPSA) is 92.3 Å². The molecule has 0 saturated carbocycles. The summed E-state index contributed by atoms with van der Waals surface area (Å²) in [5, 5.41) is 5.20. The van der Waals surface area contributed by atoms with Crippen LogP contribution in [0.15, 0.2) is 29.3 Å². The summed E-state index contributed by atoms with van der Waals surface area (Å²) in [6.07, 6.45) is 1.49. The molecule has 0 radical (unpaired) electrons. The van der Waals surface area contributed by atoms with Gasteiger partial charge in [0.15, 0.2) is 5.69 Å². The molecule has 0 atom stereocenters. The Morgan fingerprint density at radius 3 is 2.78 bits per heavy atom. The maximum absolute atomic E-state index is 12.1. The van der Waals surface area contributed by atoms with E-state index in [1.807, 2.05) is 6.07 Å². The third kappa shape index (κ3) is 3.78. The quantitative estimate of drug-likeness (QED) is 0.210. The van der Waals surface area contributed by atoms with Gasteiger partial charge in [0.1, 0.15) is 16.6 Å². The number of benzene rings is 1. The number of fused-ring (bicyclic) bond motifs is 1. The second-order valence-electron chi connectivity index (χ2n) is 5.38. The van der Waals surface area contributed by atoms with Crippen LogP contribution in [-0.2, 0) is 4.74 Å². The molecule has 0 aliphatic heterocycles. The number of carbonyl (C=O) groups is 1. The van der Waals surface area contributed by atoms with E-state index in [2.05, 4.69) is 10.1 Å². The molecule has 0 aliphatic carbocycles. The van der Waals surface area contributed by atoms with Crippen LogP contribution in [0.5, 0.6) is 5.75 Å². The van der Waals surface area contributed by atoms with Gasteiger partial charge in [-0.15, -0.1) is 23.4 Å². The van der Waals surface area contributed by atoms with E-state index in [9.17, 15) is 4.79 Å². The van der Waals surface area contributed by atoms with Crippen LogP contribution in [0, 0.1) is 0 Å². The average Bonchev–Trinajstić information content (AvgIpc) is 3.04. The lowest BCUT2D eigenvalue weighted by Crippen LogP contribution is -2.06. The molecule has 0 amide bonds. The minimum absolute atomic E-state index is 0.130. The number of halogens is 2. The molecule has 0 spiro atoms. The van der Waals surface area contributed by atoms with Crippen molar-refractivity contribution in [3.8, 4) is 11.4 Å². The molecule has 0 aliphatic rings. The Morgan fingerprint density at radius 1 is 1.33 bits per heavy atom. The Hall–Kier alpha value is -2.16. The molecule has 0 bridgehead atoms. The van der Waals surface area contributed by atoms with E-state index in [4.69, 9.17) is 38.4 Å². The number of nitrogens with zero attached hydrogens (tertiary/aromatic N) is 3. The third-order valence-electron chi connectivity index (χ3n) is 3.79. The third-order valence-corrected chi connectivity index (χ3v) is 5.48. The van der Waals surface area contributed by atoms with Gasteiger partial charge in [0.05, 0.1) is 25.1 Å². The number of ether oxygens (including phenoxy) is 2. The van der Waals surface area contributed by atoms with Crippen molar-refractivity contribution in [3.05, 3.63) is 35.2 Å². The molecule has 2 heterocycles. The number of anilines is 1. The Morgan fingerprint density at radius 2 is 2.11 bits per heavy atom. The van der Waals surface area contributed by atoms with Gasteiger partial charge in [-0.3, -0.25) is 0 Å². The standard InChI is InChI=1S/C17H16Cl2N4O3S/c1-25-13-5-10(20)14(27-4-3-18)6-12(13)23-11-7-15(19)21-8-9(11)16(22-23)17(24)26-2/h5-8H,3-4,20H2,1-2H3. The second-order valence-corrected chi connectivity index (χ2v) is 7.28. The number of hydrogen-bond donors (Lipinski definition) is 1. The molecule has 3 rings (SSSR count). The van der Waals surface area contributed by atoms with E-state index < -0.39 is 5.97 Å². The first-order valence-electron chi connectivity index (χ1n) is 7.79. The summed E-state index contributed by atoms with van der Waals surface area (Å²) in [4.78, 5) is 17.0. The average molecular weight is 427 g/mol. The van der Waals surface area contributed by atoms with Crippen LogP contribution >= 0.6 is 35.0 Å². The van der Waals surface area contributed by atoms with Crippen molar-refractivity contribution >= 4 is 57.5 Å². The van der Waals surface area contributed by atoms with Gasteiger partial charge in [0.25, 0.3) is 0 Å². The van der Waals surface area contributed by atoms with E-state index in [0.29, 0.717) is 39.7 Å². The molecular formula is C17H16Cl2N4O3S. The Balaban J connectivity index is 2.28. The van der Waals surface area contributed by atoms with E-state index >= 15 is 0 Å². The normalized spacial score (nSPS) is 11.0. The first-order chi connectivity index (χ1) is 13.0. The molecule has 0 saturated heterocycles. The molecule has 3 aromatic rings. The molecule has 10 heteroatoms. The minimum atomic E-state index is -0.575.